The van der Waals surface area contributed by atoms with Crippen LogP contribution in [0, 0.1) is 5.41 Å². The summed E-state index contributed by atoms with van der Waals surface area (Å²) in [4.78, 5) is 0. The van der Waals surface area contributed by atoms with Gasteiger partial charge in [0.2, 0.25) is 0 Å². The summed E-state index contributed by atoms with van der Waals surface area (Å²) < 4.78 is 0. The zero-order chi connectivity index (χ0) is 10.6. The summed E-state index contributed by atoms with van der Waals surface area (Å²) in [7, 11) is 0. The summed E-state index contributed by atoms with van der Waals surface area (Å²) in [6.45, 7) is 6.06. The SMILES string of the molecule is CC(C)(C)C(O)/C=C/c1ccccc1. The summed E-state index contributed by atoms with van der Waals surface area (Å²) in [5.74, 6) is 0. The standard InChI is InChI=1S/C13H18O/c1-13(2,3)12(14)10-9-11-7-5-4-6-8-11/h4-10,12,14H,1-3H3/b10-9+. The second-order valence-electron chi connectivity index (χ2n) is 4.58. The average Bonchev–Trinajstić information content (AvgIpc) is 2.14. The predicted octanol–water partition coefficient (Wildman–Crippen LogP) is 3.11. The van der Waals surface area contributed by atoms with E-state index in [2.05, 4.69) is 0 Å². The van der Waals surface area contributed by atoms with E-state index < -0.39 is 6.10 Å². The number of hydrogen-bond acceptors (Lipinski definition) is 1. The Labute approximate surface area is 86.1 Å². The van der Waals surface area contributed by atoms with Gasteiger partial charge in [-0.05, 0) is 11.0 Å². The highest BCUT2D eigenvalue weighted by atomic mass is 16.3. The zero-order valence-corrected chi connectivity index (χ0v) is 9.07. The maximum absolute atomic E-state index is 9.76. The largest absolute Gasteiger partial charge is 0.388 e. The molecule has 0 radical (unpaired) electrons. The molecule has 0 aliphatic carbocycles. The van der Waals surface area contributed by atoms with Crippen LogP contribution in [0.2, 0.25) is 0 Å². The fourth-order valence-corrected chi connectivity index (χ4v) is 1.06. The van der Waals surface area contributed by atoms with Crippen LogP contribution in [0.4, 0.5) is 0 Å². The van der Waals surface area contributed by atoms with E-state index in [0.717, 1.165) is 5.56 Å². The first-order valence-electron chi connectivity index (χ1n) is 4.91. The third-order valence-electron chi connectivity index (χ3n) is 2.16. The van der Waals surface area contributed by atoms with Crippen LogP contribution in [0.1, 0.15) is 26.3 Å². The molecule has 0 spiro atoms. The summed E-state index contributed by atoms with van der Waals surface area (Å²) in [6.07, 6.45) is 3.40. The van der Waals surface area contributed by atoms with Gasteiger partial charge in [-0.1, -0.05) is 63.3 Å². The van der Waals surface area contributed by atoms with Crippen LogP contribution in [0.3, 0.4) is 0 Å². The molecule has 1 aromatic carbocycles. The Morgan fingerprint density at radius 1 is 1.14 bits per heavy atom. The van der Waals surface area contributed by atoms with Crippen LogP contribution in [0.5, 0.6) is 0 Å². The van der Waals surface area contributed by atoms with Crippen LogP contribution >= 0.6 is 0 Å². The van der Waals surface area contributed by atoms with Crippen molar-refractivity contribution in [1.29, 1.82) is 0 Å². The van der Waals surface area contributed by atoms with Crippen molar-refractivity contribution < 1.29 is 5.11 Å². The summed E-state index contributed by atoms with van der Waals surface area (Å²) >= 11 is 0. The molecule has 0 heterocycles. The maximum atomic E-state index is 9.76. The van der Waals surface area contributed by atoms with Gasteiger partial charge in [0.1, 0.15) is 0 Å². The normalized spacial score (nSPS) is 14.6. The van der Waals surface area contributed by atoms with E-state index in [4.69, 9.17) is 0 Å². The lowest BCUT2D eigenvalue weighted by molar-refractivity contribution is 0.106. The number of rotatable bonds is 2. The quantitative estimate of drug-likeness (QED) is 0.759. The third kappa shape index (κ3) is 3.35. The van der Waals surface area contributed by atoms with E-state index in [0.29, 0.717) is 0 Å². The highest BCUT2D eigenvalue weighted by Crippen LogP contribution is 2.20. The fourth-order valence-electron chi connectivity index (χ4n) is 1.06. The lowest BCUT2D eigenvalue weighted by Crippen LogP contribution is -2.23. The molecule has 0 saturated carbocycles. The van der Waals surface area contributed by atoms with Crippen molar-refractivity contribution in [3.8, 4) is 0 Å². The van der Waals surface area contributed by atoms with E-state index in [1.807, 2.05) is 63.3 Å². The minimum absolute atomic E-state index is 0.0920. The van der Waals surface area contributed by atoms with Crippen molar-refractivity contribution in [1.82, 2.24) is 0 Å². The van der Waals surface area contributed by atoms with E-state index >= 15 is 0 Å². The van der Waals surface area contributed by atoms with Crippen molar-refractivity contribution in [2.45, 2.75) is 26.9 Å². The van der Waals surface area contributed by atoms with Crippen LogP contribution in [0.15, 0.2) is 36.4 Å². The topological polar surface area (TPSA) is 20.2 Å². The van der Waals surface area contributed by atoms with Gasteiger partial charge >= 0.3 is 0 Å². The minimum atomic E-state index is -0.400. The van der Waals surface area contributed by atoms with Crippen molar-refractivity contribution in [2.75, 3.05) is 0 Å². The molecule has 76 valence electrons. The Kier molecular flexibility index (Phi) is 3.48. The number of hydrogen-bond donors (Lipinski definition) is 1. The number of aliphatic hydroxyl groups excluding tert-OH is 1. The Hall–Kier alpha value is -1.08. The van der Waals surface area contributed by atoms with E-state index in [1.165, 1.54) is 0 Å². The molecular formula is C13H18O. The van der Waals surface area contributed by atoms with E-state index in [9.17, 15) is 5.11 Å². The molecular weight excluding hydrogens is 172 g/mol. The predicted molar refractivity (Wildman–Crippen MR) is 60.9 cm³/mol. The Bertz CT molecular complexity index is 293. The van der Waals surface area contributed by atoms with Gasteiger partial charge in [0.15, 0.2) is 0 Å². The van der Waals surface area contributed by atoms with Crippen molar-refractivity contribution >= 4 is 6.08 Å². The van der Waals surface area contributed by atoms with E-state index in [-0.39, 0.29) is 5.41 Å². The van der Waals surface area contributed by atoms with Gasteiger partial charge in [0, 0.05) is 0 Å². The molecule has 1 atom stereocenters. The van der Waals surface area contributed by atoms with Crippen LogP contribution in [-0.4, -0.2) is 11.2 Å². The molecule has 1 aromatic rings. The van der Waals surface area contributed by atoms with Gasteiger partial charge in [0.25, 0.3) is 0 Å². The number of aliphatic hydroxyl groups is 1. The zero-order valence-electron chi connectivity index (χ0n) is 9.07. The molecule has 0 amide bonds. The molecule has 1 N–H and O–H groups in total. The lowest BCUT2D eigenvalue weighted by atomic mass is 9.89. The first-order chi connectivity index (χ1) is 6.50. The lowest BCUT2D eigenvalue weighted by Gasteiger charge is -2.22. The average molecular weight is 190 g/mol. The number of benzene rings is 1. The van der Waals surface area contributed by atoms with E-state index in [1.54, 1.807) is 0 Å². The van der Waals surface area contributed by atoms with Gasteiger partial charge in [-0.2, -0.15) is 0 Å². The van der Waals surface area contributed by atoms with Gasteiger partial charge in [-0.15, -0.1) is 0 Å². The van der Waals surface area contributed by atoms with Gasteiger partial charge in [0.05, 0.1) is 6.10 Å². The highest BCUT2D eigenvalue weighted by Gasteiger charge is 2.18. The molecule has 0 aliphatic rings. The molecule has 1 nitrogen and oxygen atoms in total. The van der Waals surface area contributed by atoms with Crippen LogP contribution in [0.25, 0.3) is 6.08 Å². The second-order valence-corrected chi connectivity index (χ2v) is 4.58. The molecule has 1 heteroatoms. The molecule has 0 fully saturated rings. The van der Waals surface area contributed by atoms with Gasteiger partial charge in [-0.3, -0.25) is 0 Å². The van der Waals surface area contributed by atoms with Crippen LogP contribution < -0.4 is 0 Å². The molecule has 0 aliphatic heterocycles. The first-order valence-corrected chi connectivity index (χ1v) is 4.91. The Balaban J connectivity index is 2.66. The molecule has 0 saturated heterocycles. The highest BCUT2D eigenvalue weighted by molar-refractivity contribution is 5.49. The summed E-state index contributed by atoms with van der Waals surface area (Å²) in [5.41, 5.74) is 1.03. The first kappa shape index (κ1) is 11.0. The van der Waals surface area contributed by atoms with Gasteiger partial charge < -0.3 is 5.11 Å². The molecule has 1 rings (SSSR count). The van der Waals surface area contributed by atoms with Gasteiger partial charge in [-0.25, -0.2) is 0 Å². The third-order valence-corrected chi connectivity index (χ3v) is 2.16. The minimum Gasteiger partial charge on any atom is -0.388 e. The smallest absolute Gasteiger partial charge is 0.0772 e. The van der Waals surface area contributed by atoms with Crippen molar-refractivity contribution in [3.63, 3.8) is 0 Å². The summed E-state index contributed by atoms with van der Waals surface area (Å²) in [6, 6.07) is 10.0. The molecule has 14 heavy (non-hydrogen) atoms. The van der Waals surface area contributed by atoms with Crippen LogP contribution in [-0.2, 0) is 0 Å². The molecule has 0 bridgehead atoms. The second kappa shape index (κ2) is 4.43. The molecule has 0 aromatic heterocycles. The Morgan fingerprint density at radius 2 is 1.71 bits per heavy atom. The summed E-state index contributed by atoms with van der Waals surface area (Å²) in [5, 5.41) is 9.76. The van der Waals surface area contributed by atoms with Crippen molar-refractivity contribution in [3.05, 3.63) is 42.0 Å². The molecule has 1 unspecified atom stereocenters. The fraction of sp³-hybridized carbons (Fsp3) is 0.385. The maximum Gasteiger partial charge on any atom is 0.0772 e. The monoisotopic (exact) mass is 190 g/mol. The van der Waals surface area contributed by atoms with Crippen molar-refractivity contribution in [2.24, 2.45) is 5.41 Å². The Morgan fingerprint density at radius 3 is 2.21 bits per heavy atom.